The van der Waals surface area contributed by atoms with Crippen LogP contribution >= 0.6 is 11.6 Å². The highest BCUT2D eigenvalue weighted by molar-refractivity contribution is 7.93. The minimum Gasteiger partial charge on any atom is -0.271 e. The third kappa shape index (κ3) is 3.51. The molecule has 0 aromatic carbocycles. The molecular formula is C11H15ClN2O2S. The molecule has 0 saturated heterocycles. The van der Waals surface area contributed by atoms with E-state index in [1.807, 2.05) is 0 Å². The molecule has 0 fully saturated rings. The Morgan fingerprint density at radius 3 is 2.65 bits per heavy atom. The van der Waals surface area contributed by atoms with Crippen molar-refractivity contribution in [2.75, 3.05) is 12.1 Å². The van der Waals surface area contributed by atoms with Gasteiger partial charge >= 0.3 is 0 Å². The zero-order chi connectivity index (χ0) is 13.1. The van der Waals surface area contributed by atoms with E-state index >= 15 is 0 Å². The molecule has 1 aromatic heterocycles. The second-order valence-corrected chi connectivity index (χ2v) is 6.86. The van der Waals surface area contributed by atoms with Crippen LogP contribution in [0.2, 0.25) is 0 Å². The fraction of sp³-hybridized carbons (Fsp3) is 0.455. The van der Waals surface area contributed by atoms with Crippen molar-refractivity contribution < 1.29 is 9.00 Å². The van der Waals surface area contributed by atoms with Crippen LogP contribution in [-0.2, 0) is 14.5 Å². The van der Waals surface area contributed by atoms with Crippen LogP contribution in [0.4, 0.5) is 0 Å². The lowest BCUT2D eigenvalue weighted by atomic mass is 9.96. The Balaban J connectivity index is 3.16. The predicted molar refractivity (Wildman–Crippen MR) is 68.5 cm³/mol. The van der Waals surface area contributed by atoms with Crippen molar-refractivity contribution in [2.24, 2.45) is 9.78 Å². The van der Waals surface area contributed by atoms with Gasteiger partial charge in [0, 0.05) is 18.3 Å². The fourth-order valence-corrected chi connectivity index (χ4v) is 2.32. The largest absolute Gasteiger partial charge is 0.271 e. The molecule has 1 rings (SSSR count). The maximum absolute atomic E-state index is 12.3. The Kier molecular flexibility index (Phi) is 4.27. The van der Waals surface area contributed by atoms with Crippen LogP contribution in [0.25, 0.3) is 0 Å². The van der Waals surface area contributed by atoms with Crippen LogP contribution in [0.15, 0.2) is 33.8 Å². The number of carbonyl (C=O) groups excluding carboxylic acids is 1. The van der Waals surface area contributed by atoms with Gasteiger partial charge < -0.3 is 0 Å². The van der Waals surface area contributed by atoms with Gasteiger partial charge in [0.1, 0.15) is 5.03 Å². The summed E-state index contributed by atoms with van der Waals surface area (Å²) in [5.74, 6) is -0.335. The summed E-state index contributed by atoms with van der Waals surface area (Å²) >= 11 is 5.67. The van der Waals surface area contributed by atoms with E-state index in [4.69, 9.17) is 11.6 Å². The first-order valence-corrected chi connectivity index (χ1v) is 7.49. The van der Waals surface area contributed by atoms with E-state index < -0.39 is 21.1 Å². The number of rotatable bonds is 3. The van der Waals surface area contributed by atoms with Crippen LogP contribution in [0, 0.1) is 5.41 Å². The second-order valence-electron chi connectivity index (χ2n) is 4.38. The van der Waals surface area contributed by atoms with E-state index in [0.717, 1.165) is 0 Å². The van der Waals surface area contributed by atoms with Crippen molar-refractivity contribution in [3.05, 3.63) is 24.4 Å². The van der Waals surface area contributed by atoms with Gasteiger partial charge in [-0.15, -0.1) is 11.6 Å². The van der Waals surface area contributed by atoms with E-state index in [9.17, 15) is 9.00 Å². The summed E-state index contributed by atoms with van der Waals surface area (Å²) in [6.07, 6.45) is 2.92. The highest BCUT2D eigenvalue weighted by atomic mass is 35.5. The molecule has 1 heterocycles. The van der Waals surface area contributed by atoms with E-state index in [0.29, 0.717) is 5.03 Å². The number of hydrogen-bond donors (Lipinski definition) is 0. The molecule has 0 aliphatic carbocycles. The molecule has 17 heavy (non-hydrogen) atoms. The number of pyridine rings is 1. The predicted octanol–water partition coefficient (Wildman–Crippen LogP) is 2.33. The van der Waals surface area contributed by atoms with Crippen LogP contribution in [0.3, 0.4) is 0 Å². The van der Waals surface area contributed by atoms with Gasteiger partial charge in [-0.25, -0.2) is 9.19 Å². The quantitative estimate of drug-likeness (QED) is 0.795. The molecule has 0 saturated carbocycles. The SMILES string of the molecule is CC(C)(CCl)C(=O)N=S(C)(=O)c1ccccn1. The van der Waals surface area contributed by atoms with Gasteiger partial charge in [0.15, 0.2) is 0 Å². The number of halogens is 1. The first-order valence-electron chi connectivity index (χ1n) is 5.03. The average Bonchev–Trinajstić information content (AvgIpc) is 2.29. The minimum atomic E-state index is -2.80. The maximum Gasteiger partial charge on any atom is 0.260 e. The van der Waals surface area contributed by atoms with Gasteiger partial charge in [-0.2, -0.15) is 4.36 Å². The van der Waals surface area contributed by atoms with Crippen LogP contribution < -0.4 is 0 Å². The molecule has 0 bridgehead atoms. The van der Waals surface area contributed by atoms with Gasteiger partial charge in [0.05, 0.1) is 15.1 Å². The van der Waals surface area contributed by atoms with Gasteiger partial charge in [-0.1, -0.05) is 6.07 Å². The molecule has 0 radical (unpaired) electrons. The lowest BCUT2D eigenvalue weighted by molar-refractivity contribution is -0.124. The molecule has 0 N–H and O–H groups in total. The van der Waals surface area contributed by atoms with Crippen molar-refractivity contribution in [3.8, 4) is 0 Å². The zero-order valence-corrected chi connectivity index (χ0v) is 11.6. The summed E-state index contributed by atoms with van der Waals surface area (Å²) in [7, 11) is -2.80. The Hall–Kier alpha value is -0.940. The highest BCUT2D eigenvalue weighted by Gasteiger charge is 2.27. The molecular weight excluding hydrogens is 260 g/mol. The van der Waals surface area contributed by atoms with Gasteiger partial charge in [-0.05, 0) is 26.0 Å². The number of aromatic nitrogens is 1. The molecule has 1 amide bonds. The van der Waals surface area contributed by atoms with Crippen molar-refractivity contribution in [1.29, 1.82) is 0 Å². The lowest BCUT2D eigenvalue weighted by Gasteiger charge is -2.16. The molecule has 94 valence electrons. The number of carbonyl (C=O) groups is 1. The Morgan fingerprint density at radius 1 is 1.53 bits per heavy atom. The van der Waals surface area contributed by atoms with Crippen LogP contribution in [0.5, 0.6) is 0 Å². The molecule has 1 unspecified atom stereocenters. The topological polar surface area (TPSA) is 59.4 Å². The molecule has 0 aliphatic rings. The normalized spacial score (nSPS) is 15.1. The summed E-state index contributed by atoms with van der Waals surface area (Å²) in [5, 5.41) is 0.304. The second kappa shape index (κ2) is 5.14. The van der Waals surface area contributed by atoms with Crippen LogP contribution in [-0.4, -0.2) is 27.2 Å². The summed E-state index contributed by atoms with van der Waals surface area (Å²) < 4.78 is 16.0. The van der Waals surface area contributed by atoms with Gasteiger partial charge in [-0.3, -0.25) is 4.79 Å². The van der Waals surface area contributed by atoms with E-state index in [1.165, 1.54) is 12.5 Å². The number of alkyl halides is 1. The summed E-state index contributed by atoms with van der Waals surface area (Å²) in [5.41, 5.74) is -0.811. The first-order chi connectivity index (χ1) is 7.79. The Bertz CT molecular complexity index is 520. The summed E-state index contributed by atoms with van der Waals surface area (Å²) in [6, 6.07) is 5.01. The van der Waals surface area contributed by atoms with Crippen LogP contribution in [0.1, 0.15) is 13.8 Å². The third-order valence-electron chi connectivity index (χ3n) is 2.20. The number of hydrogen-bond acceptors (Lipinski definition) is 3. The molecule has 1 aromatic rings. The molecule has 1 atom stereocenters. The monoisotopic (exact) mass is 274 g/mol. The summed E-state index contributed by atoms with van der Waals surface area (Å²) in [6.45, 7) is 3.33. The van der Waals surface area contributed by atoms with Crippen molar-refractivity contribution >= 4 is 27.2 Å². The molecule has 4 nitrogen and oxygen atoms in total. The molecule has 6 heteroatoms. The number of nitrogens with zero attached hydrogens (tertiary/aromatic N) is 2. The first kappa shape index (κ1) is 14.1. The number of amides is 1. The standard InChI is InChI=1S/C11H15ClN2O2S/c1-11(2,8-12)10(15)14-17(3,16)9-6-4-5-7-13-9/h4-7H,8H2,1-3H3. The minimum absolute atomic E-state index is 0.132. The van der Waals surface area contributed by atoms with Gasteiger partial charge in [0.2, 0.25) is 0 Å². The average molecular weight is 275 g/mol. The smallest absolute Gasteiger partial charge is 0.260 e. The molecule has 0 aliphatic heterocycles. The van der Waals surface area contributed by atoms with E-state index in [1.54, 1.807) is 32.0 Å². The third-order valence-corrected chi connectivity index (χ3v) is 4.40. The highest BCUT2D eigenvalue weighted by Crippen LogP contribution is 2.21. The van der Waals surface area contributed by atoms with Crippen molar-refractivity contribution in [1.82, 2.24) is 4.98 Å². The molecule has 0 spiro atoms. The summed E-state index contributed by atoms with van der Waals surface area (Å²) in [4.78, 5) is 15.8. The lowest BCUT2D eigenvalue weighted by Crippen LogP contribution is -2.25. The van der Waals surface area contributed by atoms with E-state index in [2.05, 4.69) is 9.35 Å². The maximum atomic E-state index is 12.3. The Morgan fingerprint density at radius 2 is 2.18 bits per heavy atom. The van der Waals surface area contributed by atoms with E-state index in [-0.39, 0.29) is 5.88 Å². The fourth-order valence-electron chi connectivity index (χ4n) is 0.957. The van der Waals surface area contributed by atoms with Crippen molar-refractivity contribution in [3.63, 3.8) is 0 Å². The Labute approximate surface area is 107 Å². The van der Waals surface area contributed by atoms with Gasteiger partial charge in [0.25, 0.3) is 5.91 Å². The van der Waals surface area contributed by atoms with Crippen molar-refractivity contribution in [2.45, 2.75) is 18.9 Å². The zero-order valence-electron chi connectivity index (χ0n) is 10.0.